The van der Waals surface area contributed by atoms with Gasteiger partial charge in [-0.3, -0.25) is 4.79 Å². The van der Waals surface area contributed by atoms with E-state index in [-0.39, 0.29) is 5.91 Å². The predicted octanol–water partition coefficient (Wildman–Crippen LogP) is 5.11. The number of aromatic nitrogens is 2. The van der Waals surface area contributed by atoms with E-state index in [9.17, 15) is 4.79 Å². The second-order valence-corrected chi connectivity index (χ2v) is 9.08. The van der Waals surface area contributed by atoms with Crippen LogP contribution in [0.5, 0.6) is 0 Å². The van der Waals surface area contributed by atoms with Gasteiger partial charge in [-0.25, -0.2) is 9.97 Å². The molecule has 1 atom stereocenters. The van der Waals surface area contributed by atoms with Gasteiger partial charge < -0.3 is 10.2 Å². The summed E-state index contributed by atoms with van der Waals surface area (Å²) < 4.78 is 0. The van der Waals surface area contributed by atoms with E-state index >= 15 is 0 Å². The zero-order chi connectivity index (χ0) is 19.8. The molecule has 3 heterocycles. The Balaban J connectivity index is 1.77. The van der Waals surface area contributed by atoms with Crippen molar-refractivity contribution in [2.45, 2.75) is 40.5 Å². The summed E-state index contributed by atoms with van der Waals surface area (Å²) in [5.74, 6) is 1.44. The number of hydrogen-bond donors (Lipinski definition) is 1. The van der Waals surface area contributed by atoms with Crippen LogP contribution in [0.2, 0.25) is 0 Å². The molecule has 1 fully saturated rings. The molecule has 0 saturated carbocycles. The van der Waals surface area contributed by atoms with Gasteiger partial charge in [0.05, 0.1) is 10.9 Å². The number of benzene rings is 1. The van der Waals surface area contributed by atoms with E-state index in [1.165, 1.54) is 6.42 Å². The molecule has 0 spiro atoms. The van der Waals surface area contributed by atoms with Crippen molar-refractivity contribution in [3.05, 3.63) is 46.1 Å². The van der Waals surface area contributed by atoms with Crippen molar-refractivity contribution in [3.8, 4) is 0 Å². The van der Waals surface area contributed by atoms with Crippen LogP contribution in [0.15, 0.2) is 24.5 Å². The average Bonchev–Trinajstić information content (AvgIpc) is 3.00. The number of anilines is 2. The van der Waals surface area contributed by atoms with Crippen LogP contribution in [0.4, 0.5) is 11.5 Å². The van der Waals surface area contributed by atoms with Crippen LogP contribution >= 0.6 is 11.3 Å². The number of thiophene rings is 1. The molecule has 1 aromatic carbocycles. The fourth-order valence-corrected chi connectivity index (χ4v) is 4.96. The highest BCUT2D eigenvalue weighted by atomic mass is 32.1. The first-order valence-electron chi connectivity index (χ1n) is 9.81. The number of fused-ring (bicyclic) bond motifs is 1. The monoisotopic (exact) mass is 394 g/mol. The van der Waals surface area contributed by atoms with Crippen molar-refractivity contribution < 1.29 is 4.79 Å². The number of carbonyl (C=O) groups excluding carboxylic acids is 1. The highest BCUT2D eigenvalue weighted by molar-refractivity contribution is 7.19. The Bertz CT molecular complexity index is 1040. The minimum Gasteiger partial charge on any atom is -0.356 e. The first-order chi connectivity index (χ1) is 13.4. The summed E-state index contributed by atoms with van der Waals surface area (Å²) in [5, 5.41) is 4.01. The molecular weight excluding hydrogens is 368 g/mol. The van der Waals surface area contributed by atoms with E-state index in [2.05, 4.69) is 33.2 Å². The molecule has 1 saturated heterocycles. The van der Waals surface area contributed by atoms with Crippen molar-refractivity contribution in [2.24, 2.45) is 5.92 Å². The summed E-state index contributed by atoms with van der Waals surface area (Å²) in [6.07, 6.45) is 4.02. The van der Waals surface area contributed by atoms with Gasteiger partial charge in [-0.05, 0) is 56.7 Å². The Kier molecular flexibility index (Phi) is 5.06. The van der Waals surface area contributed by atoms with Gasteiger partial charge in [0.15, 0.2) is 0 Å². The molecular formula is C22H26N4OS. The summed E-state index contributed by atoms with van der Waals surface area (Å²) >= 11 is 1.57. The molecule has 1 N–H and O–H groups in total. The SMILES string of the molecule is Cc1ccc(C)c(NC(=O)c2c(C)sc3ncnc(N4CCCC(C)C4)c23)c1. The van der Waals surface area contributed by atoms with Crippen LogP contribution in [0.3, 0.4) is 0 Å². The van der Waals surface area contributed by atoms with E-state index in [1.54, 1.807) is 17.7 Å². The summed E-state index contributed by atoms with van der Waals surface area (Å²) in [4.78, 5) is 26.5. The lowest BCUT2D eigenvalue weighted by molar-refractivity contribution is 0.102. The van der Waals surface area contributed by atoms with Gasteiger partial charge in [-0.2, -0.15) is 0 Å². The third-order valence-electron chi connectivity index (χ3n) is 5.47. The Morgan fingerprint density at radius 1 is 1.25 bits per heavy atom. The highest BCUT2D eigenvalue weighted by Gasteiger charge is 2.26. The van der Waals surface area contributed by atoms with Gasteiger partial charge in [0.1, 0.15) is 17.0 Å². The fraction of sp³-hybridized carbons (Fsp3) is 0.409. The van der Waals surface area contributed by atoms with Crippen molar-refractivity contribution >= 4 is 39.0 Å². The molecule has 4 rings (SSSR count). The maximum atomic E-state index is 13.3. The Hall–Kier alpha value is -2.47. The van der Waals surface area contributed by atoms with Gasteiger partial charge in [0, 0.05) is 23.7 Å². The van der Waals surface area contributed by atoms with Crippen LogP contribution in [-0.4, -0.2) is 29.0 Å². The third kappa shape index (κ3) is 3.49. The molecule has 2 aromatic heterocycles. The van der Waals surface area contributed by atoms with Crippen molar-refractivity contribution in [2.75, 3.05) is 23.3 Å². The molecule has 1 aliphatic heterocycles. The van der Waals surface area contributed by atoms with Gasteiger partial charge >= 0.3 is 0 Å². The standard InChI is InChI=1S/C22H26N4OS/c1-13-7-8-15(3)17(10-13)25-21(27)18-16(4)28-22-19(18)20(23-12-24-22)26-9-5-6-14(2)11-26/h7-8,10,12,14H,5-6,9,11H2,1-4H3,(H,25,27). The summed E-state index contributed by atoms with van der Waals surface area (Å²) in [6, 6.07) is 6.10. The normalized spacial score (nSPS) is 17.1. The van der Waals surface area contributed by atoms with Crippen molar-refractivity contribution in [1.29, 1.82) is 0 Å². The van der Waals surface area contributed by atoms with Gasteiger partial charge in [-0.1, -0.05) is 19.1 Å². The highest BCUT2D eigenvalue weighted by Crippen LogP contribution is 2.37. The van der Waals surface area contributed by atoms with Crippen LogP contribution in [0.25, 0.3) is 10.2 Å². The Morgan fingerprint density at radius 2 is 2.07 bits per heavy atom. The molecule has 5 nitrogen and oxygen atoms in total. The predicted molar refractivity (Wildman–Crippen MR) is 117 cm³/mol. The first-order valence-corrected chi connectivity index (χ1v) is 10.6. The number of amides is 1. The summed E-state index contributed by atoms with van der Waals surface area (Å²) in [6.45, 7) is 10.3. The number of hydrogen-bond acceptors (Lipinski definition) is 5. The molecule has 1 unspecified atom stereocenters. The quantitative estimate of drug-likeness (QED) is 0.671. The number of carbonyl (C=O) groups is 1. The maximum Gasteiger partial charge on any atom is 0.257 e. The molecule has 3 aromatic rings. The van der Waals surface area contributed by atoms with E-state index in [1.807, 2.05) is 32.9 Å². The van der Waals surface area contributed by atoms with E-state index in [0.717, 1.165) is 57.2 Å². The first kappa shape index (κ1) is 18.9. The fourth-order valence-electron chi connectivity index (χ4n) is 3.98. The number of nitrogens with one attached hydrogen (secondary N) is 1. The molecule has 1 amide bonds. The lowest BCUT2D eigenvalue weighted by Gasteiger charge is -2.32. The van der Waals surface area contributed by atoms with Crippen LogP contribution in [0.1, 0.15) is 46.1 Å². The minimum atomic E-state index is -0.0847. The molecule has 6 heteroatoms. The van der Waals surface area contributed by atoms with Crippen LogP contribution < -0.4 is 10.2 Å². The molecule has 0 bridgehead atoms. The maximum absolute atomic E-state index is 13.3. The second-order valence-electron chi connectivity index (χ2n) is 7.88. The topological polar surface area (TPSA) is 58.1 Å². The molecule has 0 aliphatic carbocycles. The zero-order valence-electron chi connectivity index (χ0n) is 16.9. The Labute approximate surface area is 169 Å². The summed E-state index contributed by atoms with van der Waals surface area (Å²) in [7, 11) is 0. The average molecular weight is 395 g/mol. The van der Waals surface area contributed by atoms with Crippen molar-refractivity contribution in [1.82, 2.24) is 9.97 Å². The van der Waals surface area contributed by atoms with E-state index in [0.29, 0.717) is 11.5 Å². The number of nitrogens with zero attached hydrogens (tertiary/aromatic N) is 3. The molecule has 1 aliphatic rings. The third-order valence-corrected chi connectivity index (χ3v) is 6.48. The van der Waals surface area contributed by atoms with Crippen molar-refractivity contribution in [3.63, 3.8) is 0 Å². The van der Waals surface area contributed by atoms with Crippen LogP contribution in [-0.2, 0) is 0 Å². The van der Waals surface area contributed by atoms with Gasteiger partial charge in [0.25, 0.3) is 5.91 Å². The molecule has 146 valence electrons. The number of rotatable bonds is 3. The molecule has 0 radical (unpaired) electrons. The lowest BCUT2D eigenvalue weighted by atomic mass is 10.00. The smallest absolute Gasteiger partial charge is 0.257 e. The van der Waals surface area contributed by atoms with Gasteiger partial charge in [-0.15, -0.1) is 11.3 Å². The number of aryl methyl sites for hydroxylation is 3. The zero-order valence-corrected chi connectivity index (χ0v) is 17.7. The largest absolute Gasteiger partial charge is 0.356 e. The molecule has 28 heavy (non-hydrogen) atoms. The van der Waals surface area contributed by atoms with E-state index < -0.39 is 0 Å². The van der Waals surface area contributed by atoms with E-state index in [4.69, 9.17) is 0 Å². The van der Waals surface area contributed by atoms with Crippen LogP contribution in [0, 0.1) is 26.7 Å². The minimum absolute atomic E-state index is 0.0847. The summed E-state index contributed by atoms with van der Waals surface area (Å²) in [5.41, 5.74) is 3.74. The lowest BCUT2D eigenvalue weighted by Crippen LogP contribution is -2.35. The van der Waals surface area contributed by atoms with Gasteiger partial charge in [0.2, 0.25) is 0 Å². The Morgan fingerprint density at radius 3 is 2.86 bits per heavy atom. The second kappa shape index (κ2) is 7.51. The number of piperidine rings is 1.